The number of rotatable bonds is 2. The minimum absolute atomic E-state index is 0.0253. The number of morpholine rings is 1. The standard InChI is InChI=1S/C12H16N2O3/c13-10-2-1-9(7-11(10)15)8-12(16)14-3-5-17-6-4-14/h1-2,7,15H,3-6,8,13H2. The summed E-state index contributed by atoms with van der Waals surface area (Å²) in [6, 6.07) is 4.90. The van der Waals surface area contributed by atoms with E-state index < -0.39 is 0 Å². The molecule has 0 aliphatic carbocycles. The topological polar surface area (TPSA) is 75.8 Å². The molecule has 0 unspecified atom stereocenters. The van der Waals surface area contributed by atoms with Crippen molar-refractivity contribution in [3.05, 3.63) is 23.8 Å². The minimum Gasteiger partial charge on any atom is -0.506 e. The van der Waals surface area contributed by atoms with Crippen LogP contribution in [0.25, 0.3) is 0 Å². The monoisotopic (exact) mass is 236 g/mol. The number of carbonyl (C=O) groups excluding carboxylic acids is 1. The van der Waals surface area contributed by atoms with Crippen LogP contribution in [-0.2, 0) is 16.0 Å². The fourth-order valence-electron chi connectivity index (χ4n) is 1.80. The van der Waals surface area contributed by atoms with E-state index in [2.05, 4.69) is 0 Å². The summed E-state index contributed by atoms with van der Waals surface area (Å²) in [6.45, 7) is 2.47. The fourth-order valence-corrected chi connectivity index (χ4v) is 1.80. The largest absolute Gasteiger partial charge is 0.506 e. The van der Waals surface area contributed by atoms with Gasteiger partial charge >= 0.3 is 0 Å². The highest BCUT2D eigenvalue weighted by molar-refractivity contribution is 5.79. The number of aromatic hydroxyl groups is 1. The molecule has 1 amide bonds. The van der Waals surface area contributed by atoms with Gasteiger partial charge in [0.05, 0.1) is 25.3 Å². The number of carbonyl (C=O) groups is 1. The molecular weight excluding hydrogens is 220 g/mol. The van der Waals surface area contributed by atoms with Crippen molar-refractivity contribution in [1.29, 1.82) is 0 Å². The van der Waals surface area contributed by atoms with Crippen LogP contribution >= 0.6 is 0 Å². The molecule has 2 rings (SSSR count). The summed E-state index contributed by atoms with van der Waals surface area (Å²) in [5, 5.41) is 9.45. The lowest BCUT2D eigenvalue weighted by molar-refractivity contribution is -0.134. The summed E-state index contributed by atoms with van der Waals surface area (Å²) in [4.78, 5) is 13.7. The van der Waals surface area contributed by atoms with Crippen molar-refractivity contribution >= 4 is 11.6 Å². The predicted molar refractivity (Wildman–Crippen MR) is 63.6 cm³/mol. The van der Waals surface area contributed by atoms with E-state index in [-0.39, 0.29) is 18.1 Å². The number of phenolic OH excluding ortho intramolecular Hbond substituents is 1. The third kappa shape index (κ3) is 2.88. The maximum atomic E-state index is 11.9. The number of anilines is 1. The Balaban J connectivity index is 1.99. The molecular formula is C12H16N2O3. The van der Waals surface area contributed by atoms with Crippen molar-refractivity contribution in [2.45, 2.75) is 6.42 Å². The molecule has 17 heavy (non-hydrogen) atoms. The molecule has 0 atom stereocenters. The van der Waals surface area contributed by atoms with Gasteiger partial charge in [0.1, 0.15) is 5.75 Å². The van der Waals surface area contributed by atoms with Crippen LogP contribution < -0.4 is 5.73 Å². The van der Waals surface area contributed by atoms with E-state index in [1.165, 1.54) is 6.07 Å². The summed E-state index contributed by atoms with van der Waals surface area (Å²) in [5.74, 6) is 0.0785. The number of ether oxygens (including phenoxy) is 1. The second-order valence-electron chi connectivity index (χ2n) is 4.06. The second kappa shape index (κ2) is 5.05. The molecule has 1 aromatic carbocycles. The van der Waals surface area contributed by atoms with Crippen LogP contribution in [0.2, 0.25) is 0 Å². The summed E-state index contributed by atoms with van der Waals surface area (Å²) < 4.78 is 5.18. The van der Waals surface area contributed by atoms with Gasteiger partial charge in [0.2, 0.25) is 5.91 Å². The average Bonchev–Trinajstić information content (AvgIpc) is 2.35. The molecule has 0 spiro atoms. The van der Waals surface area contributed by atoms with E-state index in [1.54, 1.807) is 17.0 Å². The molecule has 1 fully saturated rings. The van der Waals surface area contributed by atoms with Gasteiger partial charge in [-0.15, -0.1) is 0 Å². The number of hydrogen-bond donors (Lipinski definition) is 2. The van der Waals surface area contributed by atoms with E-state index in [0.29, 0.717) is 32.0 Å². The third-order valence-electron chi connectivity index (χ3n) is 2.81. The molecule has 1 saturated heterocycles. The molecule has 3 N–H and O–H groups in total. The summed E-state index contributed by atoms with van der Waals surface area (Å²) in [6.07, 6.45) is 0.286. The summed E-state index contributed by atoms with van der Waals surface area (Å²) >= 11 is 0. The fraction of sp³-hybridized carbons (Fsp3) is 0.417. The van der Waals surface area contributed by atoms with Crippen molar-refractivity contribution < 1.29 is 14.6 Å². The Kier molecular flexibility index (Phi) is 3.49. The number of benzene rings is 1. The van der Waals surface area contributed by atoms with Crippen molar-refractivity contribution in [3.63, 3.8) is 0 Å². The lowest BCUT2D eigenvalue weighted by Crippen LogP contribution is -2.41. The minimum atomic E-state index is 0.0253. The van der Waals surface area contributed by atoms with Gasteiger partial charge in [0.15, 0.2) is 0 Å². The molecule has 5 nitrogen and oxygen atoms in total. The zero-order valence-corrected chi connectivity index (χ0v) is 9.56. The molecule has 0 aromatic heterocycles. The highest BCUT2D eigenvalue weighted by atomic mass is 16.5. The average molecular weight is 236 g/mol. The maximum Gasteiger partial charge on any atom is 0.227 e. The van der Waals surface area contributed by atoms with Crippen LogP contribution in [0.5, 0.6) is 5.75 Å². The quantitative estimate of drug-likeness (QED) is 0.575. The predicted octanol–water partition coefficient (Wildman–Crippen LogP) is 0.376. The lowest BCUT2D eigenvalue weighted by atomic mass is 10.1. The molecule has 0 saturated carbocycles. The number of amides is 1. The first-order valence-electron chi connectivity index (χ1n) is 5.59. The Morgan fingerprint density at radius 3 is 2.76 bits per heavy atom. The smallest absolute Gasteiger partial charge is 0.227 e. The van der Waals surface area contributed by atoms with Crippen molar-refractivity contribution in [1.82, 2.24) is 4.90 Å². The number of hydrogen-bond acceptors (Lipinski definition) is 4. The molecule has 0 bridgehead atoms. The van der Waals surface area contributed by atoms with Gasteiger partial charge in [0, 0.05) is 13.1 Å². The molecule has 5 heteroatoms. The first kappa shape index (κ1) is 11.7. The van der Waals surface area contributed by atoms with E-state index in [9.17, 15) is 9.90 Å². The van der Waals surface area contributed by atoms with Crippen molar-refractivity contribution in [2.24, 2.45) is 0 Å². The SMILES string of the molecule is Nc1ccc(CC(=O)N2CCOCC2)cc1O. The zero-order chi connectivity index (χ0) is 12.3. The van der Waals surface area contributed by atoms with Crippen molar-refractivity contribution in [2.75, 3.05) is 32.0 Å². The van der Waals surface area contributed by atoms with Crippen molar-refractivity contribution in [3.8, 4) is 5.75 Å². The Morgan fingerprint density at radius 2 is 2.12 bits per heavy atom. The number of phenols is 1. The number of nitrogens with zero attached hydrogens (tertiary/aromatic N) is 1. The van der Waals surface area contributed by atoms with E-state index in [4.69, 9.17) is 10.5 Å². The molecule has 1 aliphatic rings. The molecule has 1 heterocycles. The number of nitrogens with two attached hydrogens (primary N) is 1. The first-order valence-corrected chi connectivity index (χ1v) is 5.59. The highest BCUT2D eigenvalue weighted by Crippen LogP contribution is 2.21. The summed E-state index contributed by atoms with van der Waals surface area (Å²) in [5.41, 5.74) is 6.60. The van der Waals surface area contributed by atoms with Gasteiger partial charge in [-0.25, -0.2) is 0 Å². The lowest BCUT2D eigenvalue weighted by Gasteiger charge is -2.26. The Bertz CT molecular complexity index is 414. The van der Waals surface area contributed by atoms with Crippen LogP contribution in [-0.4, -0.2) is 42.2 Å². The van der Waals surface area contributed by atoms with Gasteiger partial charge in [-0.1, -0.05) is 6.07 Å². The van der Waals surface area contributed by atoms with Gasteiger partial charge < -0.3 is 20.5 Å². The number of nitrogen functional groups attached to an aromatic ring is 1. The van der Waals surface area contributed by atoms with Crippen LogP contribution in [0.15, 0.2) is 18.2 Å². The van der Waals surface area contributed by atoms with Gasteiger partial charge in [-0.05, 0) is 17.7 Å². The third-order valence-corrected chi connectivity index (χ3v) is 2.81. The van der Waals surface area contributed by atoms with Gasteiger partial charge in [-0.3, -0.25) is 4.79 Å². The summed E-state index contributed by atoms with van der Waals surface area (Å²) in [7, 11) is 0. The molecule has 1 aromatic rings. The Labute approximate surface area is 99.8 Å². The molecule has 1 aliphatic heterocycles. The molecule has 0 radical (unpaired) electrons. The first-order chi connectivity index (χ1) is 8.16. The molecule has 92 valence electrons. The van der Waals surface area contributed by atoms with Crippen LogP contribution in [0.4, 0.5) is 5.69 Å². The highest BCUT2D eigenvalue weighted by Gasteiger charge is 2.17. The second-order valence-corrected chi connectivity index (χ2v) is 4.06. The normalized spacial score (nSPS) is 15.9. The van der Waals surface area contributed by atoms with Crippen LogP contribution in [0, 0.1) is 0 Å². The van der Waals surface area contributed by atoms with E-state index in [0.717, 1.165) is 5.56 Å². The van der Waals surface area contributed by atoms with Crippen LogP contribution in [0.3, 0.4) is 0 Å². The van der Waals surface area contributed by atoms with Crippen LogP contribution in [0.1, 0.15) is 5.56 Å². The zero-order valence-electron chi connectivity index (χ0n) is 9.56. The van der Waals surface area contributed by atoms with Gasteiger partial charge in [0.25, 0.3) is 0 Å². The Hall–Kier alpha value is -1.75. The van der Waals surface area contributed by atoms with Gasteiger partial charge in [-0.2, -0.15) is 0 Å². The van der Waals surface area contributed by atoms with E-state index in [1.807, 2.05) is 0 Å². The maximum absolute atomic E-state index is 11.9. The Morgan fingerprint density at radius 1 is 1.41 bits per heavy atom. The van der Waals surface area contributed by atoms with E-state index >= 15 is 0 Å².